The summed E-state index contributed by atoms with van der Waals surface area (Å²) < 4.78 is 1.68. The average Bonchev–Trinajstić information content (AvgIpc) is 2.54. The van der Waals surface area contributed by atoms with E-state index in [-0.39, 0.29) is 0 Å². The Labute approximate surface area is 78.4 Å². The molecule has 1 aliphatic heterocycles. The van der Waals surface area contributed by atoms with Crippen LogP contribution in [0.25, 0.3) is 0 Å². The first kappa shape index (κ1) is 8.23. The van der Waals surface area contributed by atoms with Gasteiger partial charge in [-0.1, -0.05) is 6.08 Å². The van der Waals surface area contributed by atoms with Crippen LogP contribution in [0.5, 0.6) is 0 Å². The molecule has 0 spiro atoms. The van der Waals surface area contributed by atoms with Gasteiger partial charge in [0, 0.05) is 12.7 Å². The summed E-state index contributed by atoms with van der Waals surface area (Å²) in [5.74, 6) is 5.72. The largest absolute Gasteiger partial charge is 0.372 e. The maximum absolute atomic E-state index is 5.72. The maximum atomic E-state index is 5.72. The molecule has 0 atom stereocenters. The number of nitrogen functional groups attached to an aromatic ring is 1. The van der Waals surface area contributed by atoms with Gasteiger partial charge in [0.05, 0.1) is 12.2 Å². The van der Waals surface area contributed by atoms with Gasteiger partial charge in [-0.25, -0.2) is 0 Å². The molecule has 70 valence electrons. The summed E-state index contributed by atoms with van der Waals surface area (Å²) in [5.41, 5.74) is 1.16. The molecule has 0 radical (unpaired) electrons. The second-order valence-corrected chi connectivity index (χ2v) is 3.40. The summed E-state index contributed by atoms with van der Waals surface area (Å²) in [6.07, 6.45) is 8.72. The number of allylic oxidation sites excluding steroid dienone is 1. The summed E-state index contributed by atoms with van der Waals surface area (Å²) in [6.45, 7) is 2.06. The van der Waals surface area contributed by atoms with Crippen LogP contribution in [0.15, 0.2) is 30.6 Å². The topological polar surface area (TPSA) is 34.2 Å². The van der Waals surface area contributed by atoms with Crippen molar-refractivity contribution in [3.05, 3.63) is 36.3 Å². The minimum Gasteiger partial charge on any atom is -0.372 e. The lowest BCUT2D eigenvalue weighted by Gasteiger charge is -2.23. The minimum atomic E-state index is 0.917. The standard InChI is InChI=1S/C10H15N3/c11-13-8-4-5-10(13)9-12-6-2-1-3-7-12/h2,4-6,8H,1,3,7,9,11H2. The third kappa shape index (κ3) is 1.86. The van der Waals surface area contributed by atoms with E-state index in [1.165, 1.54) is 12.8 Å². The zero-order chi connectivity index (χ0) is 9.10. The van der Waals surface area contributed by atoms with E-state index < -0.39 is 0 Å². The molecule has 1 aromatic heterocycles. The molecule has 2 heterocycles. The van der Waals surface area contributed by atoms with E-state index >= 15 is 0 Å². The number of hydrogen-bond donors (Lipinski definition) is 1. The van der Waals surface area contributed by atoms with E-state index in [9.17, 15) is 0 Å². The first-order valence-corrected chi connectivity index (χ1v) is 4.68. The quantitative estimate of drug-likeness (QED) is 0.691. The van der Waals surface area contributed by atoms with Crippen molar-refractivity contribution in [3.63, 3.8) is 0 Å². The second-order valence-electron chi connectivity index (χ2n) is 3.40. The normalized spacial score (nSPS) is 16.5. The minimum absolute atomic E-state index is 0.917. The fraction of sp³-hybridized carbons (Fsp3) is 0.400. The molecule has 3 heteroatoms. The second kappa shape index (κ2) is 3.56. The van der Waals surface area contributed by atoms with E-state index in [4.69, 9.17) is 5.84 Å². The monoisotopic (exact) mass is 177 g/mol. The van der Waals surface area contributed by atoms with Crippen molar-refractivity contribution in [2.45, 2.75) is 19.4 Å². The Morgan fingerprint density at radius 1 is 1.46 bits per heavy atom. The van der Waals surface area contributed by atoms with Gasteiger partial charge in [0.15, 0.2) is 0 Å². The third-order valence-corrected chi connectivity index (χ3v) is 2.36. The van der Waals surface area contributed by atoms with Gasteiger partial charge in [-0.3, -0.25) is 4.68 Å². The fourth-order valence-electron chi connectivity index (χ4n) is 1.61. The van der Waals surface area contributed by atoms with Crippen LogP contribution in [0.1, 0.15) is 18.5 Å². The van der Waals surface area contributed by atoms with Crippen LogP contribution in [0, 0.1) is 0 Å². The summed E-state index contributed by atoms with van der Waals surface area (Å²) >= 11 is 0. The van der Waals surface area contributed by atoms with Crippen molar-refractivity contribution >= 4 is 0 Å². The Balaban J connectivity index is 2.01. The molecular formula is C10H15N3. The number of rotatable bonds is 2. The zero-order valence-corrected chi connectivity index (χ0v) is 7.69. The molecule has 3 nitrogen and oxygen atoms in total. The van der Waals surface area contributed by atoms with Crippen LogP contribution in [-0.4, -0.2) is 16.1 Å². The molecular weight excluding hydrogens is 162 g/mol. The molecule has 0 saturated heterocycles. The molecule has 1 aliphatic rings. The Morgan fingerprint density at radius 3 is 3.00 bits per heavy atom. The van der Waals surface area contributed by atoms with Crippen LogP contribution in [0.2, 0.25) is 0 Å². The van der Waals surface area contributed by atoms with Crippen LogP contribution in [-0.2, 0) is 6.54 Å². The Hall–Kier alpha value is -1.38. The van der Waals surface area contributed by atoms with Crippen molar-refractivity contribution in [2.75, 3.05) is 12.4 Å². The van der Waals surface area contributed by atoms with E-state index in [1.54, 1.807) is 4.68 Å². The molecule has 2 N–H and O–H groups in total. The highest BCUT2D eigenvalue weighted by Gasteiger charge is 2.05. The molecule has 0 aromatic carbocycles. The van der Waals surface area contributed by atoms with Gasteiger partial charge in [-0.15, -0.1) is 0 Å². The van der Waals surface area contributed by atoms with Crippen molar-refractivity contribution in [2.24, 2.45) is 0 Å². The lowest BCUT2D eigenvalue weighted by atomic mass is 10.2. The maximum Gasteiger partial charge on any atom is 0.0595 e. The summed E-state index contributed by atoms with van der Waals surface area (Å²) in [6, 6.07) is 4.03. The van der Waals surface area contributed by atoms with Crippen LogP contribution in [0.4, 0.5) is 0 Å². The Bertz CT molecular complexity index is 301. The van der Waals surface area contributed by atoms with Crippen LogP contribution >= 0.6 is 0 Å². The number of aromatic nitrogens is 1. The fourth-order valence-corrected chi connectivity index (χ4v) is 1.61. The van der Waals surface area contributed by atoms with E-state index in [2.05, 4.69) is 23.2 Å². The summed E-state index contributed by atoms with van der Waals surface area (Å²) in [5, 5.41) is 0. The van der Waals surface area contributed by atoms with Gasteiger partial charge in [0.25, 0.3) is 0 Å². The van der Waals surface area contributed by atoms with Crippen molar-refractivity contribution in [1.29, 1.82) is 0 Å². The highest BCUT2D eigenvalue weighted by atomic mass is 15.3. The highest BCUT2D eigenvalue weighted by Crippen LogP contribution is 2.10. The summed E-state index contributed by atoms with van der Waals surface area (Å²) in [4.78, 5) is 2.29. The molecule has 0 bridgehead atoms. The Kier molecular flexibility index (Phi) is 2.25. The van der Waals surface area contributed by atoms with Gasteiger partial charge in [0.2, 0.25) is 0 Å². The van der Waals surface area contributed by atoms with Crippen LogP contribution < -0.4 is 5.84 Å². The predicted molar refractivity (Wildman–Crippen MR) is 53.4 cm³/mol. The van der Waals surface area contributed by atoms with E-state index in [1.807, 2.05) is 12.3 Å². The number of nitrogens with two attached hydrogens (primary N) is 1. The molecule has 1 aromatic rings. The first-order valence-electron chi connectivity index (χ1n) is 4.68. The van der Waals surface area contributed by atoms with Crippen molar-refractivity contribution in [1.82, 2.24) is 9.58 Å². The molecule has 2 rings (SSSR count). The first-order chi connectivity index (χ1) is 6.36. The van der Waals surface area contributed by atoms with Gasteiger partial charge < -0.3 is 10.7 Å². The Morgan fingerprint density at radius 2 is 2.38 bits per heavy atom. The number of nitrogens with zero attached hydrogens (tertiary/aromatic N) is 2. The average molecular weight is 177 g/mol. The van der Waals surface area contributed by atoms with E-state index in [0.717, 1.165) is 18.8 Å². The van der Waals surface area contributed by atoms with Gasteiger partial charge in [-0.2, -0.15) is 0 Å². The molecule has 0 fully saturated rings. The number of hydrogen-bond acceptors (Lipinski definition) is 2. The zero-order valence-electron chi connectivity index (χ0n) is 7.69. The highest BCUT2D eigenvalue weighted by molar-refractivity contribution is 5.08. The summed E-state index contributed by atoms with van der Waals surface area (Å²) in [7, 11) is 0. The molecule has 0 saturated carbocycles. The van der Waals surface area contributed by atoms with Crippen molar-refractivity contribution in [3.8, 4) is 0 Å². The smallest absolute Gasteiger partial charge is 0.0595 e. The third-order valence-electron chi connectivity index (χ3n) is 2.36. The lowest BCUT2D eigenvalue weighted by Crippen LogP contribution is -2.23. The molecule has 0 amide bonds. The molecule has 13 heavy (non-hydrogen) atoms. The van der Waals surface area contributed by atoms with Gasteiger partial charge in [0.1, 0.15) is 0 Å². The molecule has 0 unspecified atom stereocenters. The molecule has 0 aliphatic carbocycles. The van der Waals surface area contributed by atoms with Gasteiger partial charge >= 0.3 is 0 Å². The van der Waals surface area contributed by atoms with Gasteiger partial charge in [-0.05, 0) is 31.2 Å². The van der Waals surface area contributed by atoms with Crippen LogP contribution in [0.3, 0.4) is 0 Å². The lowest BCUT2D eigenvalue weighted by molar-refractivity contribution is 0.341. The van der Waals surface area contributed by atoms with Crippen molar-refractivity contribution < 1.29 is 0 Å². The SMILES string of the molecule is Nn1cccc1CN1C=CCCC1. The predicted octanol–water partition coefficient (Wildman–Crippen LogP) is 1.31. The van der Waals surface area contributed by atoms with E-state index in [0.29, 0.717) is 0 Å².